The van der Waals surface area contributed by atoms with Gasteiger partial charge in [-0.3, -0.25) is 4.90 Å². The molecule has 2 aliphatic rings. The highest BCUT2D eigenvalue weighted by Crippen LogP contribution is 2.37. The third-order valence-corrected chi connectivity index (χ3v) is 7.60. The second-order valence-electron chi connectivity index (χ2n) is 8.55. The van der Waals surface area contributed by atoms with E-state index in [0.717, 1.165) is 40.2 Å². The fraction of sp³-hybridized carbons (Fsp3) is 0.417. The Hall–Kier alpha value is -2.44. The van der Waals surface area contributed by atoms with E-state index < -0.39 is 0 Å². The lowest BCUT2D eigenvalue weighted by Gasteiger charge is -2.44. The van der Waals surface area contributed by atoms with Gasteiger partial charge in [0, 0.05) is 35.8 Å². The van der Waals surface area contributed by atoms with Gasteiger partial charge in [0.25, 0.3) is 5.19 Å². The Morgan fingerprint density at radius 1 is 1.13 bits per heavy atom. The van der Waals surface area contributed by atoms with Crippen LogP contribution in [-0.2, 0) is 6.54 Å². The van der Waals surface area contributed by atoms with E-state index in [1.165, 1.54) is 67.4 Å². The minimum Gasteiger partial charge on any atom is -0.464 e. The van der Waals surface area contributed by atoms with Gasteiger partial charge in [0.15, 0.2) is 5.65 Å². The fourth-order valence-electron chi connectivity index (χ4n) is 5.29. The summed E-state index contributed by atoms with van der Waals surface area (Å²) in [6, 6.07) is 10.8. The molecule has 5 nitrogen and oxygen atoms in total. The molecule has 1 saturated heterocycles. The van der Waals surface area contributed by atoms with Gasteiger partial charge < -0.3 is 9.15 Å². The molecular weight excluding hydrogens is 394 g/mol. The van der Waals surface area contributed by atoms with Crippen molar-refractivity contribution in [3.63, 3.8) is 0 Å². The Bertz CT molecular complexity index is 1150. The molecule has 6 rings (SSSR count). The first-order valence-corrected chi connectivity index (χ1v) is 11.8. The van der Waals surface area contributed by atoms with Crippen LogP contribution in [0, 0.1) is 5.92 Å². The summed E-state index contributed by atoms with van der Waals surface area (Å²) in [5.41, 5.74) is 2.88. The molecule has 2 unspecified atom stereocenters. The van der Waals surface area contributed by atoms with Crippen LogP contribution in [0.5, 0.6) is 10.9 Å². The number of fused-ring (bicyclic) bond motifs is 3. The largest absolute Gasteiger partial charge is 0.464 e. The fourth-order valence-corrected chi connectivity index (χ4v) is 6.08. The van der Waals surface area contributed by atoms with Crippen LogP contribution < -0.4 is 4.74 Å². The van der Waals surface area contributed by atoms with Crippen molar-refractivity contribution >= 4 is 32.7 Å². The molecule has 1 aliphatic heterocycles. The number of benzene rings is 1. The van der Waals surface area contributed by atoms with Crippen LogP contribution >= 0.6 is 11.3 Å². The SMILES string of the molecule is c1cnc2nc(Oc3ccc4c(CN5CCCC6CCCCC65)coc4c3)sc2c1. The second kappa shape index (κ2) is 7.67. The number of likely N-dealkylation sites (tertiary alicyclic amines) is 1. The maximum absolute atomic E-state index is 6.00. The molecule has 154 valence electrons. The highest BCUT2D eigenvalue weighted by molar-refractivity contribution is 7.20. The summed E-state index contributed by atoms with van der Waals surface area (Å²) in [6.45, 7) is 2.19. The zero-order valence-corrected chi connectivity index (χ0v) is 17.7. The lowest BCUT2D eigenvalue weighted by Crippen LogP contribution is -2.46. The van der Waals surface area contributed by atoms with E-state index in [9.17, 15) is 0 Å². The highest BCUT2D eigenvalue weighted by atomic mass is 32.1. The Kier molecular flexibility index (Phi) is 4.69. The molecule has 1 aromatic carbocycles. The molecule has 1 saturated carbocycles. The molecule has 0 spiro atoms. The third kappa shape index (κ3) is 3.38. The van der Waals surface area contributed by atoms with E-state index in [-0.39, 0.29) is 0 Å². The van der Waals surface area contributed by atoms with Crippen LogP contribution in [0.3, 0.4) is 0 Å². The molecule has 0 amide bonds. The van der Waals surface area contributed by atoms with E-state index in [4.69, 9.17) is 9.15 Å². The smallest absolute Gasteiger partial charge is 0.281 e. The van der Waals surface area contributed by atoms with Crippen molar-refractivity contribution in [3.8, 4) is 10.9 Å². The van der Waals surface area contributed by atoms with Crippen molar-refractivity contribution in [2.45, 2.75) is 51.1 Å². The average Bonchev–Trinajstić information content (AvgIpc) is 3.37. The van der Waals surface area contributed by atoms with Gasteiger partial charge in [-0.2, -0.15) is 4.98 Å². The summed E-state index contributed by atoms with van der Waals surface area (Å²) in [7, 11) is 0. The zero-order valence-electron chi connectivity index (χ0n) is 16.9. The lowest BCUT2D eigenvalue weighted by molar-refractivity contribution is 0.0548. The predicted octanol–water partition coefficient (Wildman–Crippen LogP) is 6.38. The monoisotopic (exact) mass is 419 g/mol. The Labute approximate surface area is 179 Å². The summed E-state index contributed by atoms with van der Waals surface area (Å²) in [5.74, 6) is 1.64. The minimum absolute atomic E-state index is 0.603. The first kappa shape index (κ1) is 18.3. The quantitative estimate of drug-likeness (QED) is 0.384. The number of furan rings is 1. The molecule has 1 aliphatic carbocycles. The Morgan fingerprint density at radius 3 is 3.03 bits per heavy atom. The molecule has 4 aromatic rings. The van der Waals surface area contributed by atoms with Crippen molar-refractivity contribution in [2.24, 2.45) is 5.92 Å². The van der Waals surface area contributed by atoms with E-state index >= 15 is 0 Å². The number of piperidine rings is 1. The van der Waals surface area contributed by atoms with Crippen molar-refractivity contribution in [1.82, 2.24) is 14.9 Å². The standard InChI is InChI=1S/C24H25N3O2S/c1-2-7-20-16(5-1)6-4-12-27(20)14-17-15-28-21-13-18(9-10-19(17)21)29-24-26-23-22(30-24)8-3-11-25-23/h3,8-11,13,15-16,20H,1-2,4-7,12,14H2. The molecule has 6 heteroatoms. The van der Waals surface area contributed by atoms with Crippen LogP contribution in [0.25, 0.3) is 21.3 Å². The number of ether oxygens (including phenoxy) is 1. The number of nitrogens with zero attached hydrogens (tertiary/aromatic N) is 3. The first-order valence-electron chi connectivity index (χ1n) is 11.0. The summed E-state index contributed by atoms with van der Waals surface area (Å²) in [6.07, 6.45) is 12.0. The van der Waals surface area contributed by atoms with Crippen LogP contribution in [0.15, 0.2) is 47.2 Å². The molecule has 2 fully saturated rings. The molecule has 0 N–H and O–H groups in total. The van der Waals surface area contributed by atoms with Gasteiger partial charge >= 0.3 is 0 Å². The Morgan fingerprint density at radius 2 is 2.07 bits per heavy atom. The van der Waals surface area contributed by atoms with Crippen LogP contribution in [0.2, 0.25) is 0 Å². The lowest BCUT2D eigenvalue weighted by atomic mass is 9.78. The van der Waals surface area contributed by atoms with Gasteiger partial charge in [0.05, 0.1) is 11.0 Å². The molecule has 3 aromatic heterocycles. The molecule has 2 atom stereocenters. The van der Waals surface area contributed by atoms with E-state index in [1.807, 2.05) is 30.5 Å². The number of rotatable bonds is 4. The summed E-state index contributed by atoms with van der Waals surface area (Å²) < 4.78 is 13.0. The van der Waals surface area contributed by atoms with Crippen LogP contribution in [0.4, 0.5) is 0 Å². The maximum Gasteiger partial charge on any atom is 0.281 e. The molecule has 0 bridgehead atoms. The highest BCUT2D eigenvalue weighted by Gasteiger charge is 2.33. The van der Waals surface area contributed by atoms with Gasteiger partial charge in [-0.15, -0.1) is 0 Å². The summed E-state index contributed by atoms with van der Waals surface area (Å²) >= 11 is 1.50. The maximum atomic E-state index is 6.00. The van der Waals surface area contributed by atoms with Crippen molar-refractivity contribution in [3.05, 3.63) is 48.4 Å². The van der Waals surface area contributed by atoms with Gasteiger partial charge in [0.2, 0.25) is 0 Å². The second-order valence-corrected chi connectivity index (χ2v) is 9.54. The molecular formula is C24H25N3O2S. The number of thiazole rings is 1. The van der Waals surface area contributed by atoms with Crippen molar-refractivity contribution in [2.75, 3.05) is 6.54 Å². The van der Waals surface area contributed by atoms with E-state index in [2.05, 4.69) is 20.9 Å². The molecule has 4 heterocycles. The molecule has 30 heavy (non-hydrogen) atoms. The van der Waals surface area contributed by atoms with Crippen molar-refractivity contribution < 1.29 is 9.15 Å². The van der Waals surface area contributed by atoms with Gasteiger partial charge in [-0.05, 0) is 62.4 Å². The van der Waals surface area contributed by atoms with Gasteiger partial charge in [-0.1, -0.05) is 24.2 Å². The van der Waals surface area contributed by atoms with Gasteiger partial charge in [-0.25, -0.2) is 4.98 Å². The topological polar surface area (TPSA) is 51.4 Å². The minimum atomic E-state index is 0.603. The number of pyridine rings is 1. The van der Waals surface area contributed by atoms with E-state index in [1.54, 1.807) is 6.20 Å². The van der Waals surface area contributed by atoms with Gasteiger partial charge in [0.1, 0.15) is 11.3 Å². The summed E-state index contributed by atoms with van der Waals surface area (Å²) in [5, 5.41) is 1.79. The third-order valence-electron chi connectivity index (χ3n) is 6.71. The first-order chi connectivity index (χ1) is 14.8. The normalized spacial score (nSPS) is 22.4. The predicted molar refractivity (Wildman–Crippen MR) is 119 cm³/mol. The van der Waals surface area contributed by atoms with Crippen molar-refractivity contribution in [1.29, 1.82) is 0 Å². The van der Waals surface area contributed by atoms with Crippen LogP contribution in [-0.4, -0.2) is 27.5 Å². The Balaban J connectivity index is 1.22. The van der Waals surface area contributed by atoms with E-state index in [0.29, 0.717) is 5.19 Å². The number of hydrogen-bond donors (Lipinski definition) is 0. The zero-order chi connectivity index (χ0) is 19.9. The average molecular weight is 420 g/mol. The number of hydrogen-bond acceptors (Lipinski definition) is 6. The van der Waals surface area contributed by atoms with Crippen LogP contribution in [0.1, 0.15) is 44.1 Å². The summed E-state index contributed by atoms with van der Waals surface area (Å²) in [4.78, 5) is 11.4. The number of aromatic nitrogens is 2. The molecule has 0 radical (unpaired) electrons.